The Hall–Kier alpha value is -0.820. The summed E-state index contributed by atoms with van der Waals surface area (Å²) in [6, 6.07) is 11.2. The van der Waals surface area contributed by atoms with Crippen LogP contribution in [0.4, 0.5) is 0 Å². The number of benzene rings is 1. The zero-order valence-corrected chi connectivity index (χ0v) is 12.1. The maximum atomic E-state index is 6.55. The van der Waals surface area contributed by atoms with Crippen molar-refractivity contribution in [2.24, 2.45) is 11.1 Å². The van der Waals surface area contributed by atoms with Crippen LogP contribution in [0.5, 0.6) is 0 Å². The molecule has 1 aliphatic rings. The van der Waals surface area contributed by atoms with E-state index in [4.69, 9.17) is 5.73 Å². The standard InChI is InChI=1S/C17H27N/c1-16(2,3)13-10-15(18)17(11-7-12-17)14-8-5-4-6-9-14/h4-6,8-9,15H,7,10-13,18H2,1-3H3. The van der Waals surface area contributed by atoms with Crippen LogP contribution in [0.15, 0.2) is 30.3 Å². The molecular weight excluding hydrogens is 218 g/mol. The van der Waals surface area contributed by atoms with Crippen LogP contribution < -0.4 is 5.73 Å². The Labute approximate surface area is 112 Å². The molecule has 1 nitrogen and oxygen atoms in total. The van der Waals surface area contributed by atoms with Gasteiger partial charge < -0.3 is 5.73 Å². The zero-order chi connectivity index (χ0) is 13.2. The molecule has 2 N–H and O–H groups in total. The van der Waals surface area contributed by atoms with E-state index in [0.717, 1.165) is 6.42 Å². The zero-order valence-electron chi connectivity index (χ0n) is 12.1. The molecule has 0 heterocycles. The highest BCUT2D eigenvalue weighted by Gasteiger charge is 2.43. The van der Waals surface area contributed by atoms with Crippen molar-refractivity contribution in [3.63, 3.8) is 0 Å². The third-order valence-corrected chi connectivity index (χ3v) is 4.51. The van der Waals surface area contributed by atoms with E-state index >= 15 is 0 Å². The lowest BCUT2D eigenvalue weighted by molar-refractivity contribution is 0.175. The maximum Gasteiger partial charge on any atom is 0.0136 e. The predicted octanol–water partition coefficient (Wildman–Crippen LogP) is 4.26. The molecule has 1 heteroatoms. The van der Waals surface area contributed by atoms with Crippen molar-refractivity contribution < 1.29 is 0 Å². The number of hydrogen-bond acceptors (Lipinski definition) is 1. The van der Waals surface area contributed by atoms with Gasteiger partial charge in [0.15, 0.2) is 0 Å². The quantitative estimate of drug-likeness (QED) is 0.842. The van der Waals surface area contributed by atoms with Crippen LogP contribution in [-0.4, -0.2) is 6.04 Å². The molecule has 1 aromatic rings. The maximum absolute atomic E-state index is 6.55. The Bertz CT molecular complexity index is 370. The highest BCUT2D eigenvalue weighted by Crippen LogP contribution is 2.47. The second-order valence-electron chi connectivity index (χ2n) is 7.08. The average Bonchev–Trinajstić information content (AvgIpc) is 2.25. The molecule has 0 amide bonds. The van der Waals surface area contributed by atoms with Crippen molar-refractivity contribution in [1.29, 1.82) is 0 Å². The van der Waals surface area contributed by atoms with Crippen LogP contribution in [0, 0.1) is 5.41 Å². The van der Waals surface area contributed by atoms with Crippen molar-refractivity contribution >= 4 is 0 Å². The Morgan fingerprint density at radius 3 is 2.22 bits per heavy atom. The molecule has 1 atom stereocenters. The van der Waals surface area contributed by atoms with Crippen LogP contribution in [0.2, 0.25) is 0 Å². The van der Waals surface area contributed by atoms with Gasteiger partial charge in [0, 0.05) is 11.5 Å². The summed E-state index contributed by atoms with van der Waals surface area (Å²) < 4.78 is 0. The molecule has 18 heavy (non-hydrogen) atoms. The largest absolute Gasteiger partial charge is 0.327 e. The van der Waals surface area contributed by atoms with Crippen LogP contribution in [0.1, 0.15) is 58.4 Å². The molecule has 100 valence electrons. The van der Waals surface area contributed by atoms with Crippen LogP contribution in [0.25, 0.3) is 0 Å². The van der Waals surface area contributed by atoms with E-state index in [1.807, 2.05) is 0 Å². The average molecular weight is 245 g/mol. The van der Waals surface area contributed by atoms with E-state index in [0.29, 0.717) is 11.5 Å². The number of nitrogens with two attached hydrogens (primary N) is 1. The lowest BCUT2D eigenvalue weighted by atomic mass is 9.59. The van der Waals surface area contributed by atoms with E-state index in [1.54, 1.807) is 0 Å². The van der Waals surface area contributed by atoms with Crippen molar-refractivity contribution in [3.05, 3.63) is 35.9 Å². The van der Waals surface area contributed by atoms with Gasteiger partial charge in [-0.1, -0.05) is 57.5 Å². The van der Waals surface area contributed by atoms with Gasteiger partial charge in [0.1, 0.15) is 0 Å². The summed E-state index contributed by atoms with van der Waals surface area (Å²) in [5.41, 5.74) is 8.67. The van der Waals surface area contributed by atoms with Crippen LogP contribution >= 0.6 is 0 Å². The van der Waals surface area contributed by atoms with Gasteiger partial charge in [-0.15, -0.1) is 0 Å². The van der Waals surface area contributed by atoms with E-state index in [-0.39, 0.29) is 5.41 Å². The van der Waals surface area contributed by atoms with Gasteiger partial charge in [-0.25, -0.2) is 0 Å². The van der Waals surface area contributed by atoms with E-state index in [1.165, 1.54) is 31.2 Å². The second-order valence-corrected chi connectivity index (χ2v) is 7.08. The van der Waals surface area contributed by atoms with Crippen LogP contribution in [0.3, 0.4) is 0 Å². The molecule has 0 aliphatic heterocycles. The van der Waals surface area contributed by atoms with Crippen molar-refractivity contribution in [1.82, 2.24) is 0 Å². The molecule has 0 saturated heterocycles. The first-order valence-electron chi connectivity index (χ1n) is 7.25. The fourth-order valence-corrected chi connectivity index (χ4v) is 3.07. The van der Waals surface area contributed by atoms with Crippen molar-refractivity contribution in [2.75, 3.05) is 0 Å². The molecule has 0 bridgehead atoms. The molecule has 1 saturated carbocycles. The summed E-state index contributed by atoms with van der Waals surface area (Å²) in [4.78, 5) is 0. The molecule has 2 rings (SSSR count). The van der Waals surface area contributed by atoms with E-state index in [2.05, 4.69) is 51.1 Å². The molecule has 0 spiro atoms. The van der Waals surface area contributed by atoms with Crippen molar-refractivity contribution in [3.8, 4) is 0 Å². The predicted molar refractivity (Wildman–Crippen MR) is 78.6 cm³/mol. The molecule has 1 fully saturated rings. The van der Waals surface area contributed by atoms with E-state index < -0.39 is 0 Å². The summed E-state index contributed by atoms with van der Waals surface area (Å²) in [6.45, 7) is 6.90. The summed E-state index contributed by atoms with van der Waals surface area (Å²) in [6.07, 6.45) is 6.21. The van der Waals surface area contributed by atoms with E-state index in [9.17, 15) is 0 Å². The normalized spacial score (nSPS) is 20.2. The summed E-state index contributed by atoms with van der Waals surface area (Å²) in [5, 5.41) is 0. The van der Waals surface area contributed by atoms with Gasteiger partial charge in [-0.05, 0) is 36.7 Å². The lowest BCUT2D eigenvalue weighted by Crippen LogP contribution is -2.50. The number of rotatable bonds is 4. The molecular formula is C17H27N. The fourth-order valence-electron chi connectivity index (χ4n) is 3.07. The highest BCUT2D eigenvalue weighted by molar-refractivity contribution is 5.30. The first-order chi connectivity index (χ1) is 8.44. The topological polar surface area (TPSA) is 26.0 Å². The fraction of sp³-hybridized carbons (Fsp3) is 0.647. The SMILES string of the molecule is CC(C)(C)CCC(N)C1(c2ccccc2)CCC1. The monoisotopic (exact) mass is 245 g/mol. The number of hydrogen-bond donors (Lipinski definition) is 1. The lowest BCUT2D eigenvalue weighted by Gasteiger charge is -2.47. The second kappa shape index (κ2) is 5.05. The van der Waals surface area contributed by atoms with Crippen molar-refractivity contribution in [2.45, 2.75) is 64.3 Å². The third kappa shape index (κ3) is 2.77. The van der Waals surface area contributed by atoms with Gasteiger partial charge >= 0.3 is 0 Å². The minimum atomic E-state index is 0.270. The Morgan fingerprint density at radius 2 is 1.78 bits per heavy atom. The Morgan fingerprint density at radius 1 is 1.17 bits per heavy atom. The minimum Gasteiger partial charge on any atom is -0.327 e. The minimum absolute atomic E-state index is 0.270. The van der Waals surface area contributed by atoms with Gasteiger partial charge in [-0.3, -0.25) is 0 Å². The summed E-state index contributed by atoms with van der Waals surface area (Å²) >= 11 is 0. The molecule has 1 aliphatic carbocycles. The van der Waals surface area contributed by atoms with Gasteiger partial charge in [0.2, 0.25) is 0 Å². The summed E-state index contributed by atoms with van der Waals surface area (Å²) in [5.74, 6) is 0. The molecule has 0 aromatic heterocycles. The summed E-state index contributed by atoms with van der Waals surface area (Å²) in [7, 11) is 0. The van der Waals surface area contributed by atoms with Gasteiger partial charge in [-0.2, -0.15) is 0 Å². The van der Waals surface area contributed by atoms with Crippen LogP contribution in [-0.2, 0) is 5.41 Å². The smallest absolute Gasteiger partial charge is 0.0136 e. The van der Waals surface area contributed by atoms with Gasteiger partial charge in [0.25, 0.3) is 0 Å². The molecule has 0 radical (unpaired) electrons. The Kier molecular flexibility index (Phi) is 3.82. The first kappa shape index (κ1) is 13.6. The molecule has 1 aromatic carbocycles. The Balaban J connectivity index is 2.08. The molecule has 1 unspecified atom stereocenters. The van der Waals surface area contributed by atoms with Gasteiger partial charge in [0.05, 0.1) is 0 Å². The highest BCUT2D eigenvalue weighted by atomic mass is 14.7. The first-order valence-corrected chi connectivity index (χ1v) is 7.25. The third-order valence-electron chi connectivity index (χ3n) is 4.51.